The molecular weight excluding hydrogens is 220 g/mol. The molecule has 88 valence electrons. The molecule has 0 atom stereocenters. The van der Waals surface area contributed by atoms with Crippen LogP contribution in [0.25, 0.3) is 0 Å². The summed E-state index contributed by atoms with van der Waals surface area (Å²) >= 11 is 0. The molecule has 0 radical (unpaired) electrons. The number of H-pyrrole nitrogens is 1. The van der Waals surface area contributed by atoms with Crippen LogP contribution in [0.15, 0.2) is 10.9 Å². The van der Waals surface area contributed by atoms with E-state index in [1.54, 1.807) is 13.0 Å². The van der Waals surface area contributed by atoms with Crippen molar-refractivity contribution in [1.29, 1.82) is 5.26 Å². The highest BCUT2D eigenvalue weighted by molar-refractivity contribution is 6.08. The number of carbonyl (C=O) groups excluding carboxylic acids is 2. The van der Waals surface area contributed by atoms with Gasteiger partial charge in [-0.1, -0.05) is 6.92 Å². The van der Waals surface area contributed by atoms with Crippen molar-refractivity contribution in [3.05, 3.63) is 33.2 Å². The molecule has 0 saturated carbocycles. The van der Waals surface area contributed by atoms with Crippen LogP contribution in [0.5, 0.6) is 0 Å². The van der Waals surface area contributed by atoms with E-state index in [1.165, 1.54) is 13.0 Å². The topological polar surface area (TPSA) is 90.8 Å². The first kappa shape index (κ1) is 12.8. The number of ketones is 2. The smallest absolute Gasteiger partial charge is 0.266 e. The van der Waals surface area contributed by atoms with E-state index < -0.39 is 5.56 Å². The van der Waals surface area contributed by atoms with Crippen LogP contribution in [0.3, 0.4) is 0 Å². The number of hydrogen-bond donors (Lipinski definition) is 1. The van der Waals surface area contributed by atoms with Gasteiger partial charge in [0.2, 0.25) is 0 Å². The number of rotatable bonds is 4. The van der Waals surface area contributed by atoms with Crippen LogP contribution >= 0.6 is 0 Å². The summed E-state index contributed by atoms with van der Waals surface area (Å²) in [5, 5.41) is 8.72. The first-order valence-electron chi connectivity index (χ1n) is 5.18. The lowest BCUT2D eigenvalue weighted by atomic mass is 10.0. The highest BCUT2D eigenvalue weighted by Gasteiger charge is 2.15. The Bertz CT molecular complexity index is 564. The van der Waals surface area contributed by atoms with Crippen molar-refractivity contribution in [2.24, 2.45) is 0 Å². The Morgan fingerprint density at radius 1 is 1.47 bits per heavy atom. The molecule has 0 aliphatic heterocycles. The molecule has 0 aliphatic carbocycles. The molecule has 1 aromatic rings. The van der Waals surface area contributed by atoms with Gasteiger partial charge in [-0.15, -0.1) is 0 Å². The zero-order chi connectivity index (χ0) is 13.0. The molecule has 1 heterocycles. The van der Waals surface area contributed by atoms with Crippen LogP contribution in [-0.4, -0.2) is 16.6 Å². The Hall–Kier alpha value is -2.22. The Kier molecular flexibility index (Phi) is 3.94. The summed E-state index contributed by atoms with van der Waals surface area (Å²) in [6.45, 7) is 3.10. The summed E-state index contributed by atoms with van der Waals surface area (Å²) in [5.41, 5.74) is 0.0805. The third-order valence-corrected chi connectivity index (χ3v) is 2.31. The number of pyridine rings is 1. The van der Waals surface area contributed by atoms with Crippen LogP contribution in [0.4, 0.5) is 0 Å². The SMILES string of the molecule is CCc1[nH]c(=O)c(C#N)cc1C(=O)CC(C)=O. The fourth-order valence-electron chi connectivity index (χ4n) is 1.50. The van der Waals surface area contributed by atoms with Crippen molar-refractivity contribution >= 4 is 11.6 Å². The molecule has 0 bridgehead atoms. The van der Waals surface area contributed by atoms with Crippen LogP contribution < -0.4 is 5.56 Å². The zero-order valence-electron chi connectivity index (χ0n) is 9.66. The molecule has 0 spiro atoms. The van der Waals surface area contributed by atoms with E-state index in [4.69, 9.17) is 5.26 Å². The summed E-state index contributed by atoms with van der Waals surface area (Å²) in [6, 6.07) is 2.97. The summed E-state index contributed by atoms with van der Waals surface area (Å²) < 4.78 is 0. The van der Waals surface area contributed by atoms with E-state index in [1.807, 2.05) is 0 Å². The van der Waals surface area contributed by atoms with Crippen LogP contribution in [0.2, 0.25) is 0 Å². The third-order valence-electron chi connectivity index (χ3n) is 2.31. The maximum atomic E-state index is 11.8. The summed E-state index contributed by atoms with van der Waals surface area (Å²) in [5.74, 6) is -0.621. The fourth-order valence-corrected chi connectivity index (χ4v) is 1.50. The van der Waals surface area contributed by atoms with Crippen molar-refractivity contribution in [2.45, 2.75) is 26.7 Å². The Balaban J connectivity index is 3.31. The second-order valence-corrected chi connectivity index (χ2v) is 3.67. The van der Waals surface area contributed by atoms with Crippen molar-refractivity contribution in [2.75, 3.05) is 0 Å². The lowest BCUT2D eigenvalue weighted by Gasteiger charge is -2.05. The Morgan fingerprint density at radius 3 is 2.59 bits per heavy atom. The van der Waals surface area contributed by atoms with Crippen LogP contribution in [0.1, 0.15) is 41.9 Å². The monoisotopic (exact) mass is 232 g/mol. The van der Waals surface area contributed by atoms with Gasteiger partial charge >= 0.3 is 0 Å². The molecule has 0 fully saturated rings. The summed E-state index contributed by atoms with van der Waals surface area (Å²) in [4.78, 5) is 36.5. The highest BCUT2D eigenvalue weighted by atomic mass is 16.1. The van der Waals surface area contributed by atoms with Gasteiger partial charge in [0.1, 0.15) is 17.4 Å². The molecule has 0 amide bonds. The fraction of sp³-hybridized carbons (Fsp3) is 0.333. The first-order chi connectivity index (χ1) is 7.99. The van der Waals surface area contributed by atoms with E-state index >= 15 is 0 Å². The van der Waals surface area contributed by atoms with Crippen LogP contribution in [0, 0.1) is 11.3 Å². The van der Waals surface area contributed by atoms with Gasteiger partial charge in [-0.05, 0) is 19.4 Å². The van der Waals surface area contributed by atoms with Crippen molar-refractivity contribution in [3.63, 3.8) is 0 Å². The van der Waals surface area contributed by atoms with Crippen LogP contribution in [-0.2, 0) is 11.2 Å². The number of nitrogens with zero attached hydrogens (tertiary/aromatic N) is 1. The number of carbonyl (C=O) groups is 2. The molecule has 0 aliphatic rings. The van der Waals surface area contributed by atoms with Crippen molar-refractivity contribution < 1.29 is 9.59 Å². The summed E-state index contributed by atoms with van der Waals surface area (Å²) in [6.07, 6.45) is 0.240. The van der Waals surface area contributed by atoms with Gasteiger partial charge in [-0.3, -0.25) is 14.4 Å². The molecule has 0 aromatic carbocycles. The minimum absolute atomic E-state index is 0.117. The number of aromatic nitrogens is 1. The van der Waals surface area contributed by atoms with E-state index in [-0.39, 0.29) is 29.1 Å². The number of hydrogen-bond acceptors (Lipinski definition) is 4. The molecule has 5 heteroatoms. The quantitative estimate of drug-likeness (QED) is 0.618. The normalized spacial score (nSPS) is 9.71. The van der Waals surface area contributed by atoms with Gasteiger partial charge < -0.3 is 4.98 Å². The Morgan fingerprint density at radius 2 is 2.12 bits per heavy atom. The van der Waals surface area contributed by atoms with Gasteiger partial charge in [0.15, 0.2) is 5.78 Å². The maximum Gasteiger partial charge on any atom is 0.266 e. The standard InChI is InChI=1S/C12H12N2O3/c1-3-10-9(11(16)4-7(2)15)5-8(6-13)12(17)14-10/h5H,3-4H2,1-2H3,(H,14,17). The Labute approximate surface area is 98.1 Å². The number of Topliss-reactive ketones (excluding diaryl/α,β-unsaturated/α-hetero) is 2. The average Bonchev–Trinajstić information content (AvgIpc) is 2.27. The van der Waals surface area contributed by atoms with Gasteiger partial charge in [-0.25, -0.2) is 0 Å². The number of nitrogens with one attached hydrogen (secondary N) is 1. The number of aryl methyl sites for hydroxylation is 1. The zero-order valence-corrected chi connectivity index (χ0v) is 9.66. The molecular formula is C12H12N2O3. The van der Waals surface area contributed by atoms with Gasteiger partial charge in [0.05, 0.1) is 6.42 Å². The predicted molar refractivity (Wildman–Crippen MR) is 60.8 cm³/mol. The molecule has 0 unspecified atom stereocenters. The summed E-state index contributed by atoms with van der Waals surface area (Å²) in [7, 11) is 0. The predicted octanol–water partition coefficient (Wildman–Crippen LogP) is 0.971. The van der Waals surface area contributed by atoms with Crippen molar-refractivity contribution in [3.8, 4) is 6.07 Å². The molecule has 0 saturated heterocycles. The number of nitriles is 1. The second kappa shape index (κ2) is 5.21. The third kappa shape index (κ3) is 2.88. The van der Waals surface area contributed by atoms with Gasteiger partial charge in [-0.2, -0.15) is 5.26 Å². The molecule has 5 nitrogen and oxygen atoms in total. The van der Waals surface area contributed by atoms with E-state index in [2.05, 4.69) is 4.98 Å². The van der Waals surface area contributed by atoms with Gasteiger partial charge in [0.25, 0.3) is 5.56 Å². The van der Waals surface area contributed by atoms with Crippen molar-refractivity contribution in [1.82, 2.24) is 4.98 Å². The lowest BCUT2D eigenvalue weighted by molar-refractivity contribution is -0.116. The average molecular weight is 232 g/mol. The van der Waals surface area contributed by atoms with Gasteiger partial charge in [0, 0.05) is 11.3 Å². The minimum Gasteiger partial charge on any atom is -0.324 e. The second-order valence-electron chi connectivity index (χ2n) is 3.67. The highest BCUT2D eigenvalue weighted by Crippen LogP contribution is 2.10. The van der Waals surface area contributed by atoms with E-state index in [0.29, 0.717) is 12.1 Å². The van der Waals surface area contributed by atoms with E-state index in [0.717, 1.165) is 0 Å². The number of aromatic amines is 1. The largest absolute Gasteiger partial charge is 0.324 e. The minimum atomic E-state index is -0.510. The maximum absolute atomic E-state index is 11.8. The van der Waals surface area contributed by atoms with E-state index in [9.17, 15) is 14.4 Å². The molecule has 17 heavy (non-hydrogen) atoms. The molecule has 1 N–H and O–H groups in total. The lowest BCUT2D eigenvalue weighted by Crippen LogP contribution is -2.18. The molecule has 1 aromatic heterocycles. The first-order valence-corrected chi connectivity index (χ1v) is 5.18. The molecule has 1 rings (SSSR count).